The van der Waals surface area contributed by atoms with Crippen LogP contribution in [-0.2, 0) is 10.0 Å². The molecule has 0 spiro atoms. The van der Waals surface area contributed by atoms with Crippen molar-refractivity contribution in [1.82, 2.24) is 14.4 Å². The highest BCUT2D eigenvalue weighted by Gasteiger charge is 2.17. The second kappa shape index (κ2) is 4.71. The van der Waals surface area contributed by atoms with Gasteiger partial charge in [0.15, 0.2) is 11.4 Å². The molecule has 0 aliphatic carbocycles. The van der Waals surface area contributed by atoms with Crippen LogP contribution >= 0.6 is 0 Å². The van der Waals surface area contributed by atoms with E-state index in [1.165, 1.54) is 18.2 Å². The van der Waals surface area contributed by atoms with E-state index in [0.29, 0.717) is 11.2 Å². The van der Waals surface area contributed by atoms with Crippen molar-refractivity contribution < 1.29 is 12.8 Å². The van der Waals surface area contributed by atoms with E-state index < -0.39 is 15.8 Å². The fourth-order valence-corrected chi connectivity index (χ4v) is 3.27. The van der Waals surface area contributed by atoms with Crippen molar-refractivity contribution in [3.63, 3.8) is 0 Å². The highest BCUT2D eigenvalue weighted by Crippen LogP contribution is 2.19. The first-order valence-corrected chi connectivity index (χ1v) is 8.09. The molecule has 0 saturated carbocycles. The number of fused-ring (bicyclic) bond motifs is 2. The molecule has 1 aromatic carbocycles. The molecule has 0 bridgehead atoms. The Kier molecular flexibility index (Phi) is 2.78. The highest BCUT2D eigenvalue weighted by molar-refractivity contribution is 7.92. The average Bonchev–Trinajstić information content (AvgIpc) is 3.06. The van der Waals surface area contributed by atoms with E-state index >= 15 is 0 Å². The lowest BCUT2D eigenvalue weighted by Gasteiger charge is -2.04. The molecule has 0 unspecified atom stereocenters. The highest BCUT2D eigenvalue weighted by atomic mass is 32.2. The van der Waals surface area contributed by atoms with Crippen molar-refractivity contribution >= 4 is 32.6 Å². The number of hydrogen-bond acceptors (Lipinski definition) is 5. The van der Waals surface area contributed by atoms with Crippen molar-refractivity contribution in [3.05, 3.63) is 59.3 Å². The Hall–Kier alpha value is -3.07. The Labute approximate surface area is 129 Å². The van der Waals surface area contributed by atoms with Gasteiger partial charge in [0.1, 0.15) is 5.65 Å². The Morgan fingerprint density at radius 2 is 2.09 bits per heavy atom. The summed E-state index contributed by atoms with van der Waals surface area (Å²) in [6.45, 7) is 0. The number of nitrogens with one attached hydrogen (secondary N) is 2. The topological polar surface area (TPSA) is 109 Å². The Morgan fingerprint density at radius 1 is 1.22 bits per heavy atom. The van der Waals surface area contributed by atoms with Gasteiger partial charge in [-0.2, -0.15) is 0 Å². The predicted octanol–water partition coefficient (Wildman–Crippen LogP) is 1.57. The maximum atomic E-state index is 12.4. The molecule has 2 N–H and O–H groups in total. The molecule has 0 aliphatic rings. The van der Waals surface area contributed by atoms with Crippen LogP contribution in [-0.4, -0.2) is 22.8 Å². The van der Waals surface area contributed by atoms with Crippen LogP contribution in [0.4, 0.5) is 5.82 Å². The standard InChI is InChI=1S/C14H10N4O4S/c19-14-15-10-5-4-9(7-11(10)22-14)23(20,21)17-12-8-18-6-2-1-3-13(18)16-12/h1-8,17H,(H,15,19). The third-order valence-corrected chi connectivity index (χ3v) is 4.66. The number of H-pyrrole nitrogens is 1. The van der Waals surface area contributed by atoms with E-state index in [4.69, 9.17) is 4.42 Å². The van der Waals surface area contributed by atoms with Gasteiger partial charge in [-0.3, -0.25) is 9.71 Å². The summed E-state index contributed by atoms with van der Waals surface area (Å²) in [5.74, 6) is -0.435. The Bertz CT molecular complexity index is 1150. The number of sulfonamides is 1. The van der Waals surface area contributed by atoms with Crippen LogP contribution in [0.1, 0.15) is 0 Å². The lowest BCUT2D eigenvalue weighted by atomic mass is 10.3. The molecule has 0 atom stereocenters. The molecule has 0 amide bonds. The fourth-order valence-electron chi connectivity index (χ4n) is 2.27. The molecule has 8 nitrogen and oxygen atoms in total. The van der Waals surface area contributed by atoms with Gasteiger partial charge >= 0.3 is 5.76 Å². The van der Waals surface area contributed by atoms with E-state index in [9.17, 15) is 13.2 Å². The monoisotopic (exact) mass is 330 g/mol. The van der Waals surface area contributed by atoms with Gasteiger partial charge in [-0.1, -0.05) is 6.07 Å². The SMILES string of the molecule is O=c1[nH]c2ccc(S(=O)(=O)Nc3cn4ccccc4n3)cc2o1. The van der Waals surface area contributed by atoms with Gasteiger partial charge < -0.3 is 8.82 Å². The summed E-state index contributed by atoms with van der Waals surface area (Å²) in [4.78, 5) is 17.8. The van der Waals surface area contributed by atoms with E-state index in [2.05, 4.69) is 14.7 Å². The maximum absolute atomic E-state index is 12.4. The number of rotatable bonds is 3. The fraction of sp³-hybridized carbons (Fsp3) is 0. The van der Waals surface area contributed by atoms with Crippen LogP contribution in [0.15, 0.2) is 62.9 Å². The number of aromatic nitrogens is 3. The number of nitrogens with zero attached hydrogens (tertiary/aromatic N) is 2. The number of aromatic amines is 1. The summed E-state index contributed by atoms with van der Waals surface area (Å²) < 4.78 is 33.9. The zero-order chi connectivity index (χ0) is 16.0. The number of anilines is 1. The summed E-state index contributed by atoms with van der Waals surface area (Å²) in [5.41, 5.74) is 1.23. The van der Waals surface area contributed by atoms with Crippen LogP contribution in [0.3, 0.4) is 0 Å². The van der Waals surface area contributed by atoms with Gasteiger partial charge in [0.2, 0.25) is 0 Å². The lowest BCUT2D eigenvalue weighted by molar-refractivity contribution is 0.554. The van der Waals surface area contributed by atoms with Crippen molar-refractivity contribution in [1.29, 1.82) is 0 Å². The van der Waals surface area contributed by atoms with Crippen molar-refractivity contribution in [3.8, 4) is 0 Å². The van der Waals surface area contributed by atoms with Crippen LogP contribution in [0.2, 0.25) is 0 Å². The van der Waals surface area contributed by atoms with Crippen LogP contribution < -0.4 is 10.5 Å². The minimum absolute atomic E-state index is 0.0233. The summed E-state index contributed by atoms with van der Waals surface area (Å²) in [5, 5.41) is 0. The number of pyridine rings is 1. The van der Waals surface area contributed by atoms with E-state index in [1.54, 1.807) is 22.9 Å². The lowest BCUT2D eigenvalue weighted by Crippen LogP contribution is -2.13. The third kappa shape index (κ3) is 2.36. The molecule has 0 radical (unpaired) electrons. The summed E-state index contributed by atoms with van der Waals surface area (Å²) in [7, 11) is -3.84. The molecular formula is C14H10N4O4S. The molecule has 3 aromatic heterocycles. The van der Waals surface area contributed by atoms with Gasteiger partial charge in [0.25, 0.3) is 10.0 Å². The summed E-state index contributed by atoms with van der Waals surface area (Å²) >= 11 is 0. The summed E-state index contributed by atoms with van der Waals surface area (Å²) in [6, 6.07) is 9.52. The first-order chi connectivity index (χ1) is 11.0. The van der Waals surface area contributed by atoms with Crippen LogP contribution in [0.25, 0.3) is 16.7 Å². The van der Waals surface area contributed by atoms with Gasteiger partial charge in [0, 0.05) is 12.3 Å². The molecule has 0 fully saturated rings. The molecule has 4 rings (SSSR count). The minimum Gasteiger partial charge on any atom is -0.408 e. The zero-order valence-electron chi connectivity index (χ0n) is 11.6. The molecule has 0 aliphatic heterocycles. The number of hydrogen-bond donors (Lipinski definition) is 2. The quantitative estimate of drug-likeness (QED) is 0.592. The number of imidazole rings is 1. The molecule has 0 saturated heterocycles. The Morgan fingerprint density at radius 3 is 2.91 bits per heavy atom. The largest absolute Gasteiger partial charge is 0.417 e. The van der Waals surface area contributed by atoms with Gasteiger partial charge in [0.05, 0.1) is 16.6 Å². The number of benzene rings is 1. The Balaban J connectivity index is 1.74. The van der Waals surface area contributed by atoms with E-state index in [-0.39, 0.29) is 16.3 Å². The van der Waals surface area contributed by atoms with Crippen molar-refractivity contribution in [2.75, 3.05) is 4.72 Å². The van der Waals surface area contributed by atoms with Gasteiger partial charge in [-0.15, -0.1) is 0 Å². The molecule has 23 heavy (non-hydrogen) atoms. The molecular weight excluding hydrogens is 320 g/mol. The third-order valence-electron chi connectivity index (χ3n) is 3.31. The van der Waals surface area contributed by atoms with E-state index in [0.717, 1.165) is 0 Å². The second-order valence-electron chi connectivity index (χ2n) is 4.87. The second-order valence-corrected chi connectivity index (χ2v) is 6.55. The summed E-state index contributed by atoms with van der Waals surface area (Å²) in [6.07, 6.45) is 3.34. The molecule has 4 aromatic rings. The van der Waals surface area contributed by atoms with E-state index in [1.807, 2.05) is 12.1 Å². The molecule has 9 heteroatoms. The normalized spacial score (nSPS) is 12.0. The first-order valence-electron chi connectivity index (χ1n) is 6.61. The van der Waals surface area contributed by atoms with Crippen LogP contribution in [0.5, 0.6) is 0 Å². The molecule has 3 heterocycles. The van der Waals surface area contributed by atoms with Crippen molar-refractivity contribution in [2.45, 2.75) is 4.90 Å². The zero-order valence-corrected chi connectivity index (χ0v) is 12.4. The van der Waals surface area contributed by atoms with Crippen LogP contribution in [0, 0.1) is 0 Å². The smallest absolute Gasteiger partial charge is 0.408 e. The number of oxazole rings is 1. The molecule has 116 valence electrons. The first kappa shape index (κ1) is 13.6. The van der Waals surface area contributed by atoms with Gasteiger partial charge in [-0.05, 0) is 24.3 Å². The van der Waals surface area contributed by atoms with Gasteiger partial charge in [-0.25, -0.2) is 18.2 Å². The van der Waals surface area contributed by atoms with Crippen molar-refractivity contribution in [2.24, 2.45) is 0 Å². The predicted molar refractivity (Wildman–Crippen MR) is 82.8 cm³/mol. The minimum atomic E-state index is -3.84. The average molecular weight is 330 g/mol. The maximum Gasteiger partial charge on any atom is 0.417 e.